The van der Waals surface area contributed by atoms with E-state index in [2.05, 4.69) is 98.5 Å². The molecule has 0 fully saturated rings. The van der Waals surface area contributed by atoms with Crippen LogP contribution in [0.15, 0.2) is 61.3 Å². The van der Waals surface area contributed by atoms with Crippen molar-refractivity contribution in [3.63, 3.8) is 0 Å². The fourth-order valence-electron chi connectivity index (χ4n) is 3.33. The Morgan fingerprint density at radius 1 is 0.625 bits per heavy atom. The number of hydrogen-bond acceptors (Lipinski definition) is 0. The summed E-state index contributed by atoms with van der Waals surface area (Å²) in [6, 6.07) is 0. The van der Waals surface area contributed by atoms with E-state index in [4.69, 9.17) is 0 Å². The van der Waals surface area contributed by atoms with Gasteiger partial charge >= 0.3 is 0 Å². The first-order valence-corrected chi connectivity index (χ1v) is 15.6. The first-order chi connectivity index (χ1) is 11.9. The summed E-state index contributed by atoms with van der Waals surface area (Å²) in [6.07, 6.45) is 32.3. The minimum absolute atomic E-state index is 0.764. The van der Waals surface area contributed by atoms with E-state index in [0.717, 1.165) is 17.8 Å². The van der Waals surface area contributed by atoms with Crippen molar-refractivity contribution in [1.82, 2.24) is 0 Å². The van der Waals surface area contributed by atoms with Crippen molar-refractivity contribution < 1.29 is 0 Å². The summed E-state index contributed by atoms with van der Waals surface area (Å²) in [5.74, 6) is 2.41. The fourth-order valence-corrected chi connectivity index (χ4v) is 3.33. The Morgan fingerprint density at radius 2 is 1.00 bits per heavy atom. The number of hydrogen-bond donors (Lipinski definition) is 0. The second-order valence-electron chi connectivity index (χ2n) is 6.75. The molecule has 2 heteroatoms. The molecule has 0 saturated heterocycles. The molecule has 3 aliphatic carbocycles. The fraction of sp³-hybridized carbons (Fsp3) is 0.545. The van der Waals surface area contributed by atoms with Crippen LogP contribution in [0.5, 0.6) is 0 Å². The molecule has 0 radical (unpaired) electrons. The normalized spacial score (nSPS) is 28.5. The second kappa shape index (κ2) is 15.4. The Labute approximate surface area is 173 Å². The molecule has 0 amide bonds. The van der Waals surface area contributed by atoms with Crippen LogP contribution >= 0.6 is 37.2 Å². The highest BCUT2D eigenvalue weighted by Gasteiger charge is 2.09. The smallest absolute Gasteiger partial charge is 0 e. The quantitative estimate of drug-likeness (QED) is 0.244. The summed E-state index contributed by atoms with van der Waals surface area (Å²) >= 11 is 4.24. The van der Waals surface area contributed by atoms with Crippen LogP contribution in [0, 0.1) is 17.8 Å². The van der Waals surface area contributed by atoms with Gasteiger partial charge in [-0.3, -0.25) is 0 Å². The minimum atomic E-state index is 0.764. The Morgan fingerprint density at radius 3 is 1.25 bits per heavy atom. The summed E-state index contributed by atoms with van der Waals surface area (Å²) in [7, 11) is 0. The molecule has 0 N–H and O–H groups in total. The van der Waals surface area contributed by atoms with E-state index in [9.17, 15) is 0 Å². The van der Waals surface area contributed by atoms with Gasteiger partial charge in [-0.15, -0.1) is 6.58 Å². The summed E-state index contributed by atoms with van der Waals surface area (Å²) in [6.45, 7) is 3.75. The van der Waals surface area contributed by atoms with Crippen LogP contribution in [0.4, 0.5) is 0 Å². The highest BCUT2D eigenvalue weighted by atomic mass is 128. The summed E-state index contributed by atoms with van der Waals surface area (Å²) in [4.78, 5) is 0. The van der Waals surface area contributed by atoms with Gasteiger partial charge in [0.2, 0.25) is 0 Å². The van der Waals surface area contributed by atoms with Crippen molar-refractivity contribution in [2.45, 2.75) is 57.8 Å². The maximum atomic E-state index is 3.75. The van der Waals surface area contributed by atoms with Crippen LogP contribution in [-0.4, -0.2) is 0 Å². The van der Waals surface area contributed by atoms with Crippen LogP contribution in [0.3, 0.4) is 0 Å². The largest absolute Gasteiger partial charge is 0.103 e. The zero-order valence-corrected chi connectivity index (χ0v) is 19.1. The van der Waals surface area contributed by atoms with Gasteiger partial charge in [0.15, 0.2) is 0 Å². The third-order valence-corrected chi connectivity index (χ3v) is 4.92. The molecule has 0 nitrogen and oxygen atoms in total. The van der Waals surface area contributed by atoms with Gasteiger partial charge in [-0.05, 0) is 75.5 Å². The lowest BCUT2D eigenvalue weighted by molar-refractivity contribution is 0.553. The molecule has 0 aromatic heterocycles. The van der Waals surface area contributed by atoms with Gasteiger partial charge in [0.1, 0.15) is 0 Å². The molecule has 0 aliphatic heterocycles. The third kappa shape index (κ3) is 10.2. The van der Waals surface area contributed by atoms with Crippen LogP contribution in [0.1, 0.15) is 57.8 Å². The SMILES string of the molecule is C1=CCC(C=CC2CC=CCC2)CC1.C=CC1CC=CCC1.II. The van der Waals surface area contributed by atoms with Gasteiger partial charge in [-0.25, -0.2) is 0 Å². The number of halogens is 2. The van der Waals surface area contributed by atoms with Crippen LogP contribution < -0.4 is 0 Å². The Bertz CT molecular complexity index is 405. The first kappa shape index (κ1) is 22.2. The molecule has 134 valence electrons. The van der Waals surface area contributed by atoms with E-state index in [-0.39, 0.29) is 0 Å². The second-order valence-corrected chi connectivity index (χ2v) is 6.75. The zero-order chi connectivity index (χ0) is 17.5. The van der Waals surface area contributed by atoms with Gasteiger partial charge in [0.25, 0.3) is 0 Å². The molecule has 3 aliphatic rings. The topological polar surface area (TPSA) is 0 Å². The molecule has 0 aromatic carbocycles. The van der Waals surface area contributed by atoms with E-state index in [0.29, 0.717) is 0 Å². The van der Waals surface area contributed by atoms with Gasteiger partial charge in [0, 0.05) is 37.2 Å². The highest BCUT2D eigenvalue weighted by Crippen LogP contribution is 2.23. The van der Waals surface area contributed by atoms with E-state index in [1.807, 2.05) is 0 Å². The first-order valence-electron chi connectivity index (χ1n) is 9.28. The summed E-state index contributed by atoms with van der Waals surface area (Å²) in [5, 5.41) is 0. The number of allylic oxidation sites excluding steroid dienone is 9. The lowest BCUT2D eigenvalue weighted by Crippen LogP contribution is -2.02. The van der Waals surface area contributed by atoms with Crippen molar-refractivity contribution in [2.24, 2.45) is 17.8 Å². The maximum absolute atomic E-state index is 3.75. The zero-order valence-electron chi connectivity index (χ0n) is 14.8. The lowest BCUT2D eigenvalue weighted by atomic mass is 9.89. The Hall–Kier alpha value is 0.160. The van der Waals surface area contributed by atoms with Crippen molar-refractivity contribution in [2.75, 3.05) is 0 Å². The third-order valence-electron chi connectivity index (χ3n) is 4.92. The van der Waals surface area contributed by atoms with Crippen LogP contribution in [-0.2, 0) is 0 Å². The molecule has 3 unspecified atom stereocenters. The average Bonchev–Trinajstić information content (AvgIpc) is 2.71. The summed E-state index contributed by atoms with van der Waals surface area (Å²) in [5.41, 5.74) is 0. The van der Waals surface area contributed by atoms with Gasteiger partial charge in [0.05, 0.1) is 0 Å². The van der Waals surface area contributed by atoms with Crippen LogP contribution in [0.2, 0.25) is 0 Å². The molecule has 0 heterocycles. The van der Waals surface area contributed by atoms with Crippen molar-refractivity contribution in [3.05, 3.63) is 61.3 Å². The van der Waals surface area contributed by atoms with E-state index >= 15 is 0 Å². The van der Waals surface area contributed by atoms with Gasteiger partial charge in [-0.2, -0.15) is 0 Å². The van der Waals surface area contributed by atoms with Gasteiger partial charge in [-0.1, -0.05) is 54.7 Å². The van der Waals surface area contributed by atoms with Crippen molar-refractivity contribution >= 4 is 37.2 Å². The monoisotopic (exact) mass is 550 g/mol. The molecule has 24 heavy (non-hydrogen) atoms. The predicted octanol–water partition coefficient (Wildman–Crippen LogP) is 8.56. The minimum Gasteiger partial charge on any atom is -0.103 e. The van der Waals surface area contributed by atoms with Crippen molar-refractivity contribution in [1.29, 1.82) is 0 Å². The Kier molecular flexibility index (Phi) is 14.3. The van der Waals surface area contributed by atoms with E-state index in [1.54, 1.807) is 0 Å². The predicted molar refractivity (Wildman–Crippen MR) is 127 cm³/mol. The molecule has 0 spiro atoms. The van der Waals surface area contributed by atoms with E-state index in [1.165, 1.54) is 57.8 Å². The molecule has 3 atom stereocenters. The molecule has 0 bridgehead atoms. The van der Waals surface area contributed by atoms with Crippen LogP contribution in [0.25, 0.3) is 0 Å². The highest BCUT2D eigenvalue weighted by molar-refractivity contribution is 15.0. The summed E-state index contributed by atoms with van der Waals surface area (Å²) < 4.78 is 0. The molecular weight excluding hydrogens is 518 g/mol. The van der Waals surface area contributed by atoms with E-state index < -0.39 is 0 Å². The standard InChI is InChI=1S/C14H20.C8H12.I2/c1-3-7-13(8-4-1)11-12-14-9-5-2-6-10-14;1-2-8-6-4-3-5-7-8;1-2/h1-3,5,11-14H,4,6-10H2;2-4,8H,1,5-7H2;. The van der Waals surface area contributed by atoms with Crippen molar-refractivity contribution in [3.8, 4) is 0 Å². The molecule has 0 saturated carbocycles. The number of rotatable bonds is 3. The molecule has 3 rings (SSSR count). The molecule has 0 aromatic rings. The van der Waals surface area contributed by atoms with Gasteiger partial charge < -0.3 is 0 Å². The lowest BCUT2D eigenvalue weighted by Gasteiger charge is -2.16. The maximum Gasteiger partial charge on any atom is 0 e. The average molecular weight is 550 g/mol. The Balaban J connectivity index is 0.000000245. The molecular formula is C22H32I2.